The van der Waals surface area contributed by atoms with E-state index in [4.69, 9.17) is 22.1 Å². The van der Waals surface area contributed by atoms with Gasteiger partial charge in [0.2, 0.25) is 5.88 Å². The van der Waals surface area contributed by atoms with Gasteiger partial charge in [0.25, 0.3) is 0 Å². The van der Waals surface area contributed by atoms with E-state index in [1.807, 2.05) is 19.1 Å². The molecule has 0 saturated carbocycles. The molecule has 2 aromatic rings. The Bertz CT molecular complexity index is 514. The van der Waals surface area contributed by atoms with Crippen LogP contribution < -0.4 is 10.5 Å². The van der Waals surface area contributed by atoms with E-state index in [-0.39, 0.29) is 0 Å². The molecule has 0 bridgehead atoms. The monoisotopic (exact) mass is 234 g/mol. The fourth-order valence-corrected chi connectivity index (χ4v) is 1.45. The molecule has 1 aromatic heterocycles. The molecule has 1 aromatic carbocycles. The number of ether oxygens (including phenoxy) is 1. The predicted octanol–water partition coefficient (Wildman–Crippen LogP) is 3.42. The first-order valence-electron chi connectivity index (χ1n) is 4.82. The molecule has 16 heavy (non-hydrogen) atoms. The van der Waals surface area contributed by atoms with Crippen LogP contribution >= 0.6 is 11.6 Å². The lowest BCUT2D eigenvalue weighted by Crippen LogP contribution is -1.95. The number of benzene rings is 1. The van der Waals surface area contributed by atoms with Gasteiger partial charge in [0.05, 0.1) is 5.69 Å². The van der Waals surface area contributed by atoms with Gasteiger partial charge in [0, 0.05) is 6.20 Å². The Morgan fingerprint density at radius 1 is 1.25 bits per heavy atom. The molecular weight excluding hydrogens is 224 g/mol. The summed E-state index contributed by atoms with van der Waals surface area (Å²) in [6.07, 6.45) is 1.62. The molecule has 0 spiro atoms. The van der Waals surface area contributed by atoms with Crippen molar-refractivity contribution in [2.75, 3.05) is 5.73 Å². The van der Waals surface area contributed by atoms with E-state index < -0.39 is 0 Å². The number of aryl methyl sites for hydroxylation is 1. The molecule has 0 aliphatic heterocycles. The van der Waals surface area contributed by atoms with E-state index in [1.54, 1.807) is 24.4 Å². The minimum atomic E-state index is 0.362. The number of pyridine rings is 1. The van der Waals surface area contributed by atoms with Gasteiger partial charge in [0.1, 0.15) is 5.02 Å². The third-order valence-electron chi connectivity index (χ3n) is 2.22. The number of hydrogen-bond donors (Lipinski definition) is 1. The molecule has 0 aliphatic carbocycles. The number of hydrogen-bond acceptors (Lipinski definition) is 3. The number of nitrogens with two attached hydrogens (primary N) is 1. The Labute approximate surface area is 98.8 Å². The van der Waals surface area contributed by atoms with Gasteiger partial charge in [-0.3, -0.25) is 0 Å². The zero-order chi connectivity index (χ0) is 11.5. The van der Waals surface area contributed by atoms with Gasteiger partial charge in [-0.05, 0) is 30.7 Å². The van der Waals surface area contributed by atoms with Crippen LogP contribution in [0.1, 0.15) is 5.56 Å². The summed E-state index contributed by atoms with van der Waals surface area (Å²) < 4.78 is 5.55. The highest BCUT2D eigenvalue weighted by Crippen LogP contribution is 2.31. The molecule has 0 aliphatic rings. The largest absolute Gasteiger partial charge is 0.435 e. The Morgan fingerprint density at radius 3 is 2.81 bits per heavy atom. The zero-order valence-corrected chi connectivity index (χ0v) is 9.53. The molecule has 0 radical (unpaired) electrons. The molecule has 2 N–H and O–H groups in total. The number of nitrogen functional groups attached to an aromatic ring is 1. The van der Waals surface area contributed by atoms with Gasteiger partial charge in [0.15, 0.2) is 5.75 Å². The maximum atomic E-state index is 5.94. The van der Waals surface area contributed by atoms with Gasteiger partial charge in [-0.25, -0.2) is 4.98 Å². The Balaban J connectivity index is 2.35. The molecular formula is C12H11ClN2O. The first kappa shape index (κ1) is 10.8. The molecule has 2 rings (SSSR count). The Morgan fingerprint density at radius 2 is 2.06 bits per heavy atom. The highest BCUT2D eigenvalue weighted by Gasteiger charge is 2.07. The van der Waals surface area contributed by atoms with Crippen molar-refractivity contribution in [3.8, 4) is 11.6 Å². The zero-order valence-electron chi connectivity index (χ0n) is 8.77. The van der Waals surface area contributed by atoms with Crippen LogP contribution in [0.15, 0.2) is 36.5 Å². The smallest absolute Gasteiger partial charge is 0.238 e. The average Bonchev–Trinajstić information content (AvgIpc) is 2.28. The quantitative estimate of drug-likeness (QED) is 0.810. The van der Waals surface area contributed by atoms with Crippen molar-refractivity contribution < 1.29 is 4.74 Å². The summed E-state index contributed by atoms with van der Waals surface area (Å²) in [5.74, 6) is 0.932. The van der Waals surface area contributed by atoms with Gasteiger partial charge >= 0.3 is 0 Å². The van der Waals surface area contributed by atoms with Crippen molar-refractivity contribution in [3.63, 3.8) is 0 Å². The Kier molecular flexibility index (Phi) is 2.97. The minimum absolute atomic E-state index is 0.362. The topological polar surface area (TPSA) is 48.1 Å². The standard InChI is InChI=1S/C12H11ClN2O/c1-8-4-2-6-10(11(8)14)16-12-9(13)5-3-7-15-12/h2-7H,14H2,1H3. The van der Waals surface area contributed by atoms with Gasteiger partial charge in [-0.2, -0.15) is 0 Å². The molecule has 4 heteroatoms. The lowest BCUT2D eigenvalue weighted by molar-refractivity contribution is 0.465. The molecule has 1 heterocycles. The van der Waals surface area contributed by atoms with Crippen molar-refractivity contribution in [2.45, 2.75) is 6.92 Å². The van der Waals surface area contributed by atoms with E-state index in [9.17, 15) is 0 Å². The molecule has 0 saturated heterocycles. The van der Waals surface area contributed by atoms with Crippen LogP contribution in [0.3, 0.4) is 0 Å². The number of aromatic nitrogens is 1. The van der Waals surface area contributed by atoms with Crippen molar-refractivity contribution >= 4 is 17.3 Å². The van der Waals surface area contributed by atoms with Crippen molar-refractivity contribution in [3.05, 3.63) is 47.1 Å². The van der Waals surface area contributed by atoms with Gasteiger partial charge < -0.3 is 10.5 Å². The van der Waals surface area contributed by atoms with E-state index in [1.165, 1.54) is 0 Å². The van der Waals surface area contributed by atoms with Crippen LogP contribution in [0.4, 0.5) is 5.69 Å². The first-order chi connectivity index (χ1) is 7.68. The summed E-state index contributed by atoms with van der Waals surface area (Å²) >= 11 is 5.94. The maximum Gasteiger partial charge on any atom is 0.238 e. The Hall–Kier alpha value is -1.74. The SMILES string of the molecule is Cc1cccc(Oc2ncccc2Cl)c1N. The normalized spacial score (nSPS) is 10.1. The van der Waals surface area contributed by atoms with Crippen LogP contribution in [-0.2, 0) is 0 Å². The second-order valence-corrected chi connectivity index (χ2v) is 3.79. The lowest BCUT2D eigenvalue weighted by atomic mass is 10.2. The van der Waals surface area contributed by atoms with E-state index in [0.717, 1.165) is 5.56 Å². The first-order valence-corrected chi connectivity index (χ1v) is 5.20. The summed E-state index contributed by atoms with van der Waals surface area (Å²) in [5, 5.41) is 0.461. The number of para-hydroxylation sites is 1. The summed E-state index contributed by atoms with van der Waals surface area (Å²) in [6, 6.07) is 9.04. The molecule has 0 amide bonds. The molecule has 0 fully saturated rings. The second kappa shape index (κ2) is 4.41. The minimum Gasteiger partial charge on any atom is -0.435 e. The average molecular weight is 235 g/mol. The van der Waals surface area contributed by atoms with E-state index in [0.29, 0.717) is 22.3 Å². The summed E-state index contributed by atoms with van der Waals surface area (Å²) in [7, 11) is 0. The summed E-state index contributed by atoms with van der Waals surface area (Å²) in [4.78, 5) is 4.03. The van der Waals surface area contributed by atoms with Gasteiger partial charge in [-0.1, -0.05) is 23.7 Å². The van der Waals surface area contributed by atoms with Crippen molar-refractivity contribution in [2.24, 2.45) is 0 Å². The number of nitrogens with zero attached hydrogens (tertiary/aromatic N) is 1. The fourth-order valence-electron chi connectivity index (χ4n) is 1.29. The molecule has 82 valence electrons. The third kappa shape index (κ3) is 2.09. The summed E-state index contributed by atoms with van der Waals surface area (Å²) in [5.41, 5.74) is 7.45. The van der Waals surface area contributed by atoms with Crippen LogP contribution in [0.5, 0.6) is 11.6 Å². The predicted molar refractivity (Wildman–Crippen MR) is 64.9 cm³/mol. The number of anilines is 1. The molecule has 0 atom stereocenters. The van der Waals surface area contributed by atoms with Crippen LogP contribution in [0.25, 0.3) is 0 Å². The molecule has 3 nitrogen and oxygen atoms in total. The highest BCUT2D eigenvalue weighted by molar-refractivity contribution is 6.31. The fraction of sp³-hybridized carbons (Fsp3) is 0.0833. The van der Waals surface area contributed by atoms with Crippen molar-refractivity contribution in [1.29, 1.82) is 0 Å². The van der Waals surface area contributed by atoms with Crippen LogP contribution in [0.2, 0.25) is 5.02 Å². The second-order valence-electron chi connectivity index (χ2n) is 3.38. The number of halogens is 1. The van der Waals surface area contributed by atoms with E-state index >= 15 is 0 Å². The summed E-state index contributed by atoms with van der Waals surface area (Å²) in [6.45, 7) is 1.92. The molecule has 0 unspecified atom stereocenters. The highest BCUT2D eigenvalue weighted by atomic mass is 35.5. The van der Waals surface area contributed by atoms with Gasteiger partial charge in [-0.15, -0.1) is 0 Å². The third-order valence-corrected chi connectivity index (χ3v) is 2.50. The number of rotatable bonds is 2. The van der Waals surface area contributed by atoms with E-state index in [2.05, 4.69) is 4.98 Å². The van der Waals surface area contributed by atoms with Crippen molar-refractivity contribution in [1.82, 2.24) is 4.98 Å². The van der Waals surface area contributed by atoms with Crippen LogP contribution in [-0.4, -0.2) is 4.98 Å². The maximum absolute atomic E-state index is 5.94. The lowest BCUT2D eigenvalue weighted by Gasteiger charge is -2.09. The van der Waals surface area contributed by atoms with Crippen LogP contribution in [0, 0.1) is 6.92 Å².